The Morgan fingerprint density at radius 2 is 1.94 bits per heavy atom. The molecule has 0 radical (unpaired) electrons. The fourth-order valence-corrected chi connectivity index (χ4v) is 1.45. The zero-order chi connectivity index (χ0) is 13.8. The normalized spacial score (nSPS) is 11.2. The van der Waals surface area contributed by atoms with Gasteiger partial charge in [-0.15, -0.1) is 10.2 Å². The summed E-state index contributed by atoms with van der Waals surface area (Å²) in [5, 5.41) is 12.9. The third-order valence-corrected chi connectivity index (χ3v) is 2.19. The first-order valence-electron chi connectivity index (χ1n) is 5.38. The van der Waals surface area contributed by atoms with Gasteiger partial charge >= 0.3 is 0 Å². The molecule has 0 unspecified atom stereocenters. The Bertz CT molecular complexity index is 433. The number of carbonyl (C=O) groups is 1. The second-order valence-electron chi connectivity index (χ2n) is 4.70. The van der Waals surface area contributed by atoms with E-state index in [0.717, 1.165) is 0 Å². The summed E-state index contributed by atoms with van der Waals surface area (Å²) in [6, 6.07) is 0. The van der Waals surface area contributed by atoms with Crippen molar-refractivity contribution in [1.82, 2.24) is 20.5 Å². The van der Waals surface area contributed by atoms with Crippen molar-refractivity contribution in [3.8, 4) is 0 Å². The molecule has 0 bridgehead atoms. The maximum atomic E-state index is 11.5. The van der Waals surface area contributed by atoms with Crippen molar-refractivity contribution >= 4 is 34.9 Å². The molecule has 100 valence electrons. The Balaban J connectivity index is 2.42. The smallest absolute Gasteiger partial charge is 0.245 e. The Kier molecular flexibility index (Phi) is 5.10. The molecule has 1 heterocycles. The Hall–Kier alpha value is -1.14. The topological polar surface area (TPSA) is 79.8 Å². The summed E-state index contributed by atoms with van der Waals surface area (Å²) in [7, 11) is 0. The average Bonchev–Trinajstić information content (AvgIpc) is 2.20. The first-order valence-corrected chi connectivity index (χ1v) is 6.14. The lowest BCUT2D eigenvalue weighted by Gasteiger charge is -2.20. The van der Waals surface area contributed by atoms with Crippen molar-refractivity contribution in [3.05, 3.63) is 10.4 Å². The van der Waals surface area contributed by atoms with E-state index in [4.69, 9.17) is 23.2 Å². The molecular weight excluding hydrogens is 277 g/mol. The number of rotatable bonds is 4. The van der Waals surface area contributed by atoms with Crippen LogP contribution in [0, 0.1) is 0 Å². The number of amides is 1. The second kappa shape index (κ2) is 6.15. The molecule has 0 spiro atoms. The summed E-state index contributed by atoms with van der Waals surface area (Å²) in [6.07, 6.45) is 0.301. The van der Waals surface area contributed by atoms with Crippen molar-refractivity contribution in [1.29, 1.82) is 0 Å². The lowest BCUT2D eigenvalue weighted by Crippen LogP contribution is -2.41. The fourth-order valence-electron chi connectivity index (χ4n) is 1.18. The van der Waals surface area contributed by atoms with Crippen LogP contribution in [-0.2, 0) is 4.79 Å². The van der Waals surface area contributed by atoms with Crippen molar-refractivity contribution in [2.45, 2.75) is 32.7 Å². The van der Waals surface area contributed by atoms with E-state index in [0.29, 0.717) is 18.8 Å². The van der Waals surface area contributed by atoms with Crippen LogP contribution in [0.4, 0.5) is 5.82 Å². The van der Waals surface area contributed by atoms with E-state index in [1.807, 2.05) is 20.8 Å². The second-order valence-corrected chi connectivity index (χ2v) is 5.39. The van der Waals surface area contributed by atoms with Crippen LogP contribution in [0.2, 0.25) is 10.4 Å². The van der Waals surface area contributed by atoms with Gasteiger partial charge in [0.15, 0.2) is 11.0 Å². The van der Waals surface area contributed by atoms with Crippen LogP contribution in [-0.4, -0.2) is 33.2 Å². The number of aromatic nitrogens is 3. The Labute approximate surface area is 115 Å². The predicted octanol–water partition coefficient (Wildman–Crippen LogP) is 1.90. The summed E-state index contributed by atoms with van der Waals surface area (Å²) in [5.41, 5.74) is -0.242. The van der Waals surface area contributed by atoms with Gasteiger partial charge < -0.3 is 10.6 Å². The highest BCUT2D eigenvalue weighted by Gasteiger charge is 2.13. The van der Waals surface area contributed by atoms with Crippen molar-refractivity contribution < 1.29 is 4.79 Å². The van der Waals surface area contributed by atoms with E-state index in [1.165, 1.54) is 0 Å². The predicted molar refractivity (Wildman–Crippen MR) is 70.8 cm³/mol. The molecule has 8 heteroatoms. The highest BCUT2D eigenvalue weighted by Crippen LogP contribution is 2.16. The van der Waals surface area contributed by atoms with Crippen LogP contribution < -0.4 is 10.6 Å². The van der Waals surface area contributed by atoms with Gasteiger partial charge in [0.1, 0.15) is 0 Å². The van der Waals surface area contributed by atoms with E-state index in [1.54, 1.807) is 0 Å². The van der Waals surface area contributed by atoms with Gasteiger partial charge in [0.05, 0.1) is 0 Å². The molecule has 18 heavy (non-hydrogen) atoms. The monoisotopic (exact) mass is 291 g/mol. The summed E-state index contributed by atoms with van der Waals surface area (Å²) < 4.78 is 0. The number of anilines is 1. The number of nitrogens with zero attached hydrogens (tertiary/aromatic N) is 3. The lowest BCUT2D eigenvalue weighted by molar-refractivity contribution is -0.122. The third-order valence-electron chi connectivity index (χ3n) is 1.78. The van der Waals surface area contributed by atoms with Crippen molar-refractivity contribution in [2.75, 3.05) is 11.9 Å². The average molecular weight is 292 g/mol. The third kappa shape index (κ3) is 5.46. The van der Waals surface area contributed by atoms with E-state index >= 15 is 0 Å². The SMILES string of the molecule is CC(C)(C)NC(=O)CCNc1nc(Cl)nnc1Cl. The number of hydrogen-bond donors (Lipinski definition) is 2. The molecule has 0 aliphatic carbocycles. The highest BCUT2D eigenvalue weighted by molar-refractivity contribution is 6.32. The molecule has 2 N–H and O–H groups in total. The molecule has 0 atom stereocenters. The Morgan fingerprint density at radius 1 is 1.28 bits per heavy atom. The van der Waals surface area contributed by atoms with Gasteiger partial charge in [0.25, 0.3) is 0 Å². The number of nitrogens with one attached hydrogen (secondary N) is 2. The lowest BCUT2D eigenvalue weighted by atomic mass is 10.1. The van der Waals surface area contributed by atoms with Crippen LogP contribution in [0.5, 0.6) is 0 Å². The first-order chi connectivity index (χ1) is 8.28. The molecule has 0 saturated carbocycles. The molecule has 1 aromatic rings. The number of halogens is 2. The molecule has 1 rings (SSSR count). The van der Waals surface area contributed by atoms with Crippen LogP contribution in [0.3, 0.4) is 0 Å². The van der Waals surface area contributed by atoms with Gasteiger partial charge in [-0.3, -0.25) is 4.79 Å². The van der Waals surface area contributed by atoms with Crippen LogP contribution >= 0.6 is 23.2 Å². The van der Waals surface area contributed by atoms with E-state index in [9.17, 15) is 4.79 Å². The molecule has 0 aromatic carbocycles. The van der Waals surface area contributed by atoms with Crippen molar-refractivity contribution in [2.24, 2.45) is 0 Å². The zero-order valence-electron chi connectivity index (χ0n) is 10.4. The minimum atomic E-state index is -0.242. The van der Waals surface area contributed by atoms with Gasteiger partial charge in [-0.05, 0) is 32.4 Å². The van der Waals surface area contributed by atoms with Crippen LogP contribution in [0.25, 0.3) is 0 Å². The summed E-state index contributed by atoms with van der Waals surface area (Å²) in [6.45, 7) is 6.15. The molecular formula is C10H15Cl2N5O. The Morgan fingerprint density at radius 3 is 2.56 bits per heavy atom. The van der Waals surface area contributed by atoms with E-state index in [2.05, 4.69) is 25.8 Å². The molecule has 0 fully saturated rings. The molecule has 1 aromatic heterocycles. The van der Waals surface area contributed by atoms with E-state index < -0.39 is 0 Å². The fraction of sp³-hybridized carbons (Fsp3) is 0.600. The van der Waals surface area contributed by atoms with Gasteiger partial charge in [-0.25, -0.2) is 0 Å². The summed E-state index contributed by atoms with van der Waals surface area (Å²) in [5.74, 6) is 0.263. The quantitative estimate of drug-likeness (QED) is 0.886. The molecule has 1 amide bonds. The number of carbonyl (C=O) groups excluding carboxylic acids is 1. The largest absolute Gasteiger partial charge is 0.367 e. The van der Waals surface area contributed by atoms with Gasteiger partial charge in [-0.1, -0.05) is 11.6 Å². The van der Waals surface area contributed by atoms with Crippen LogP contribution in [0.1, 0.15) is 27.2 Å². The van der Waals surface area contributed by atoms with Gasteiger partial charge in [0.2, 0.25) is 11.2 Å². The van der Waals surface area contributed by atoms with E-state index in [-0.39, 0.29) is 21.9 Å². The highest BCUT2D eigenvalue weighted by atomic mass is 35.5. The molecule has 6 nitrogen and oxygen atoms in total. The summed E-state index contributed by atoms with van der Waals surface area (Å²) in [4.78, 5) is 15.4. The first kappa shape index (κ1) is 14.9. The zero-order valence-corrected chi connectivity index (χ0v) is 11.9. The molecule has 0 aliphatic rings. The maximum Gasteiger partial charge on any atom is 0.245 e. The van der Waals surface area contributed by atoms with Gasteiger partial charge in [-0.2, -0.15) is 4.98 Å². The van der Waals surface area contributed by atoms with Crippen LogP contribution in [0.15, 0.2) is 0 Å². The van der Waals surface area contributed by atoms with Crippen molar-refractivity contribution in [3.63, 3.8) is 0 Å². The number of hydrogen-bond acceptors (Lipinski definition) is 5. The van der Waals surface area contributed by atoms with Gasteiger partial charge in [0, 0.05) is 18.5 Å². The summed E-state index contributed by atoms with van der Waals surface area (Å²) >= 11 is 11.3. The standard InChI is InChI=1S/C10H15Cl2N5O/c1-10(2,3)15-6(18)4-5-13-8-7(11)16-17-9(12)14-8/h4-5H2,1-3H3,(H,15,18)(H,13,14,17). The molecule has 0 aliphatic heterocycles. The minimum absolute atomic E-state index is 0.000966. The maximum absolute atomic E-state index is 11.5. The molecule has 0 saturated heterocycles. The minimum Gasteiger partial charge on any atom is -0.367 e.